The Kier molecular flexibility index (Phi) is 3.89. The van der Waals surface area contributed by atoms with Crippen molar-refractivity contribution in [1.82, 2.24) is 4.98 Å². The smallest absolute Gasteiger partial charge is 0.354 e. The maximum Gasteiger partial charge on any atom is 0.354 e. The topological polar surface area (TPSA) is 82.2 Å². The Morgan fingerprint density at radius 2 is 2.05 bits per heavy atom. The lowest BCUT2D eigenvalue weighted by atomic mass is 10.2. The van der Waals surface area contributed by atoms with Gasteiger partial charge in [-0.25, -0.2) is 9.18 Å². The molecule has 3 N–H and O–H groups in total. The van der Waals surface area contributed by atoms with Gasteiger partial charge >= 0.3 is 5.97 Å². The second-order valence-corrected chi connectivity index (χ2v) is 4.98. The molecule has 2 aromatic rings. The number of carboxylic acids is 1. The molecule has 1 aromatic carbocycles. The molecule has 0 bridgehead atoms. The van der Waals surface area contributed by atoms with Gasteiger partial charge in [-0.15, -0.1) is 0 Å². The Hall–Kier alpha value is -2.15. The molecule has 0 aliphatic rings. The third-order valence-corrected chi connectivity index (χ3v) is 3.25. The van der Waals surface area contributed by atoms with Crippen molar-refractivity contribution in [2.45, 2.75) is 6.92 Å². The highest BCUT2D eigenvalue weighted by Crippen LogP contribution is 2.22. The van der Waals surface area contributed by atoms with E-state index in [1.165, 1.54) is 12.1 Å². The van der Waals surface area contributed by atoms with Crippen molar-refractivity contribution in [3.8, 4) is 0 Å². The first kappa shape index (κ1) is 14.3. The van der Waals surface area contributed by atoms with E-state index in [-0.39, 0.29) is 16.9 Å². The standard InChI is InChI=1S/C13H10BrFN2O3/c1-6-4-10(11(16-6)13(19)20)17-12(18)8-3-2-7(15)5-9(8)14/h2-5,16H,1H3,(H,17,18)(H,19,20). The lowest BCUT2D eigenvalue weighted by molar-refractivity contribution is 0.0692. The van der Waals surface area contributed by atoms with Crippen LogP contribution in [0.15, 0.2) is 28.7 Å². The molecular weight excluding hydrogens is 331 g/mol. The fraction of sp³-hybridized carbons (Fsp3) is 0.0769. The molecule has 7 heteroatoms. The van der Waals surface area contributed by atoms with Crippen molar-refractivity contribution in [3.05, 3.63) is 51.5 Å². The number of carboxylic acid groups (broad SMARTS) is 1. The molecule has 0 saturated heterocycles. The number of amides is 1. The van der Waals surface area contributed by atoms with Crippen LogP contribution in [-0.4, -0.2) is 22.0 Å². The molecule has 0 fully saturated rings. The molecule has 0 atom stereocenters. The number of halogens is 2. The van der Waals surface area contributed by atoms with E-state index in [0.29, 0.717) is 10.2 Å². The van der Waals surface area contributed by atoms with E-state index in [9.17, 15) is 14.0 Å². The minimum atomic E-state index is -1.17. The zero-order valence-electron chi connectivity index (χ0n) is 10.3. The number of aromatic nitrogens is 1. The number of nitrogens with one attached hydrogen (secondary N) is 2. The van der Waals surface area contributed by atoms with Gasteiger partial charge in [-0.3, -0.25) is 4.79 Å². The highest BCUT2D eigenvalue weighted by molar-refractivity contribution is 9.10. The zero-order valence-corrected chi connectivity index (χ0v) is 11.9. The van der Waals surface area contributed by atoms with Gasteiger partial charge in [0, 0.05) is 10.2 Å². The lowest BCUT2D eigenvalue weighted by Gasteiger charge is -2.06. The Balaban J connectivity index is 2.30. The van der Waals surface area contributed by atoms with Crippen LogP contribution < -0.4 is 5.32 Å². The number of aryl methyl sites for hydroxylation is 1. The maximum absolute atomic E-state index is 13.0. The predicted molar refractivity (Wildman–Crippen MR) is 74.5 cm³/mol. The summed E-state index contributed by atoms with van der Waals surface area (Å²) >= 11 is 3.09. The molecule has 104 valence electrons. The molecule has 5 nitrogen and oxygen atoms in total. The number of benzene rings is 1. The van der Waals surface area contributed by atoms with Crippen molar-refractivity contribution in [2.75, 3.05) is 5.32 Å². The summed E-state index contributed by atoms with van der Waals surface area (Å²) in [7, 11) is 0. The SMILES string of the molecule is Cc1cc(NC(=O)c2ccc(F)cc2Br)c(C(=O)O)[nH]1. The molecule has 1 aromatic heterocycles. The normalized spacial score (nSPS) is 10.3. The first-order valence-electron chi connectivity index (χ1n) is 5.58. The summed E-state index contributed by atoms with van der Waals surface area (Å²) in [4.78, 5) is 25.7. The van der Waals surface area contributed by atoms with E-state index in [0.717, 1.165) is 12.1 Å². The molecule has 0 aliphatic heterocycles. The Bertz CT molecular complexity index is 697. The van der Waals surface area contributed by atoms with Crippen LogP contribution in [0, 0.1) is 12.7 Å². The highest BCUT2D eigenvalue weighted by atomic mass is 79.9. The van der Waals surface area contributed by atoms with Crippen molar-refractivity contribution >= 4 is 33.5 Å². The maximum atomic E-state index is 13.0. The number of hydrogen-bond acceptors (Lipinski definition) is 2. The highest BCUT2D eigenvalue weighted by Gasteiger charge is 2.17. The van der Waals surface area contributed by atoms with Gasteiger partial charge in [0.2, 0.25) is 0 Å². The zero-order chi connectivity index (χ0) is 14.9. The summed E-state index contributed by atoms with van der Waals surface area (Å²) in [6.07, 6.45) is 0. The van der Waals surface area contributed by atoms with Gasteiger partial charge in [0.25, 0.3) is 5.91 Å². The molecule has 2 rings (SSSR count). The van der Waals surface area contributed by atoms with Crippen LogP contribution in [0.5, 0.6) is 0 Å². The summed E-state index contributed by atoms with van der Waals surface area (Å²) in [6.45, 7) is 1.68. The van der Waals surface area contributed by atoms with E-state index in [2.05, 4.69) is 26.2 Å². The largest absolute Gasteiger partial charge is 0.477 e. The molecule has 0 aliphatic carbocycles. The summed E-state index contributed by atoms with van der Waals surface area (Å²) in [5.74, 6) is -2.18. The lowest BCUT2D eigenvalue weighted by Crippen LogP contribution is -2.14. The van der Waals surface area contributed by atoms with Crippen LogP contribution in [0.3, 0.4) is 0 Å². The fourth-order valence-corrected chi connectivity index (χ4v) is 2.25. The van der Waals surface area contributed by atoms with E-state index < -0.39 is 17.7 Å². The third kappa shape index (κ3) is 2.88. The number of aromatic amines is 1. The molecule has 0 radical (unpaired) electrons. The van der Waals surface area contributed by atoms with Crippen LogP contribution in [0.2, 0.25) is 0 Å². The van der Waals surface area contributed by atoms with Gasteiger partial charge in [-0.05, 0) is 47.1 Å². The average molecular weight is 341 g/mol. The summed E-state index contributed by atoms with van der Waals surface area (Å²) in [6, 6.07) is 5.14. The van der Waals surface area contributed by atoms with Gasteiger partial charge in [0.05, 0.1) is 11.3 Å². The summed E-state index contributed by atoms with van der Waals surface area (Å²) < 4.78 is 13.3. The first-order valence-corrected chi connectivity index (χ1v) is 6.37. The van der Waals surface area contributed by atoms with Gasteiger partial charge in [-0.2, -0.15) is 0 Å². The Morgan fingerprint density at radius 1 is 1.35 bits per heavy atom. The number of aromatic carboxylic acids is 1. The second-order valence-electron chi connectivity index (χ2n) is 4.12. The van der Waals surface area contributed by atoms with Gasteiger partial charge in [-0.1, -0.05) is 0 Å². The van der Waals surface area contributed by atoms with E-state index in [1.807, 2.05) is 0 Å². The van der Waals surface area contributed by atoms with Crippen LogP contribution >= 0.6 is 15.9 Å². The summed E-state index contributed by atoms with van der Waals surface area (Å²) in [5.41, 5.74) is 0.878. The number of carbonyl (C=O) groups excluding carboxylic acids is 1. The monoisotopic (exact) mass is 340 g/mol. The average Bonchev–Trinajstić information content (AvgIpc) is 2.70. The van der Waals surface area contributed by atoms with Crippen LogP contribution in [0.4, 0.5) is 10.1 Å². The molecule has 0 unspecified atom stereocenters. The number of H-pyrrole nitrogens is 1. The van der Waals surface area contributed by atoms with Gasteiger partial charge < -0.3 is 15.4 Å². The number of anilines is 1. The van der Waals surface area contributed by atoms with E-state index >= 15 is 0 Å². The molecule has 0 saturated carbocycles. The quantitative estimate of drug-likeness (QED) is 0.802. The van der Waals surface area contributed by atoms with Crippen LogP contribution in [0.25, 0.3) is 0 Å². The number of hydrogen-bond donors (Lipinski definition) is 3. The van der Waals surface area contributed by atoms with Crippen LogP contribution in [0.1, 0.15) is 26.5 Å². The minimum Gasteiger partial charge on any atom is -0.477 e. The predicted octanol–water partition coefficient (Wildman–Crippen LogP) is 3.18. The van der Waals surface area contributed by atoms with E-state index in [1.54, 1.807) is 6.92 Å². The van der Waals surface area contributed by atoms with Crippen LogP contribution in [-0.2, 0) is 0 Å². The van der Waals surface area contributed by atoms with Crippen molar-refractivity contribution in [3.63, 3.8) is 0 Å². The van der Waals surface area contributed by atoms with Crippen molar-refractivity contribution in [2.24, 2.45) is 0 Å². The summed E-state index contributed by atoms with van der Waals surface area (Å²) in [5, 5.41) is 11.5. The third-order valence-electron chi connectivity index (χ3n) is 2.59. The first-order chi connectivity index (χ1) is 9.38. The van der Waals surface area contributed by atoms with Gasteiger partial charge in [0.1, 0.15) is 11.5 Å². The van der Waals surface area contributed by atoms with Crippen molar-refractivity contribution < 1.29 is 19.1 Å². The Labute approximate surface area is 121 Å². The Morgan fingerprint density at radius 3 is 2.65 bits per heavy atom. The number of carbonyl (C=O) groups is 2. The molecular formula is C13H10BrFN2O3. The van der Waals surface area contributed by atoms with E-state index in [4.69, 9.17) is 5.11 Å². The molecule has 1 heterocycles. The molecule has 0 spiro atoms. The fourth-order valence-electron chi connectivity index (χ4n) is 1.72. The van der Waals surface area contributed by atoms with Crippen molar-refractivity contribution in [1.29, 1.82) is 0 Å². The molecule has 20 heavy (non-hydrogen) atoms. The molecule has 1 amide bonds. The minimum absolute atomic E-state index is 0.103. The number of rotatable bonds is 3. The van der Waals surface area contributed by atoms with Gasteiger partial charge in [0.15, 0.2) is 0 Å². The second kappa shape index (κ2) is 5.46.